The number of aldehydes is 1. The minimum Gasteiger partial charge on any atom is -0.352 e. The first-order chi connectivity index (χ1) is 7.61. The molecule has 0 bridgehead atoms. The number of rotatable bonds is 2. The van der Waals surface area contributed by atoms with Crippen LogP contribution in [0, 0.1) is 19.7 Å². The maximum atomic E-state index is 13.1. The van der Waals surface area contributed by atoms with E-state index in [0.29, 0.717) is 11.3 Å². The Morgan fingerprint density at radius 3 is 2.50 bits per heavy atom. The molecule has 0 atom stereocenters. The molecule has 0 aliphatic heterocycles. The highest BCUT2D eigenvalue weighted by Crippen LogP contribution is 2.24. The lowest BCUT2D eigenvalue weighted by atomic mass is 10.1. The normalized spacial score (nSPS) is 10.4. The fraction of sp³-hybridized carbons (Fsp3) is 0.154. The Kier molecular flexibility index (Phi) is 2.60. The molecule has 0 radical (unpaired) electrons. The maximum Gasteiger partial charge on any atom is 0.166 e. The minimum absolute atomic E-state index is 0.219. The third-order valence-electron chi connectivity index (χ3n) is 2.61. The molecule has 0 unspecified atom stereocenters. The van der Waals surface area contributed by atoms with Crippen molar-refractivity contribution in [3.8, 4) is 11.3 Å². The number of H-pyrrole nitrogens is 1. The van der Waals surface area contributed by atoms with Crippen molar-refractivity contribution in [1.29, 1.82) is 0 Å². The van der Waals surface area contributed by atoms with Gasteiger partial charge in [0.05, 0.1) is 5.69 Å². The van der Waals surface area contributed by atoms with E-state index in [1.54, 1.807) is 25.1 Å². The van der Waals surface area contributed by atoms with E-state index in [1.165, 1.54) is 6.07 Å². The predicted octanol–water partition coefficient (Wildman–Crippen LogP) is 3.25. The van der Waals surface area contributed by atoms with Gasteiger partial charge in [-0.1, -0.05) is 0 Å². The largest absolute Gasteiger partial charge is 0.352 e. The molecule has 82 valence electrons. The van der Waals surface area contributed by atoms with Crippen LogP contribution in [0.25, 0.3) is 11.3 Å². The highest BCUT2D eigenvalue weighted by molar-refractivity contribution is 5.77. The molecule has 3 heteroatoms. The molecule has 0 fully saturated rings. The summed E-state index contributed by atoms with van der Waals surface area (Å²) in [6.45, 7) is 3.63. The Morgan fingerprint density at radius 1 is 1.19 bits per heavy atom. The summed E-state index contributed by atoms with van der Waals surface area (Å²) in [6.07, 6.45) is 0.771. The van der Waals surface area contributed by atoms with Crippen LogP contribution in [0.1, 0.15) is 21.6 Å². The van der Waals surface area contributed by atoms with Gasteiger partial charge in [-0.25, -0.2) is 4.39 Å². The summed E-state index contributed by atoms with van der Waals surface area (Å²) in [4.78, 5) is 13.6. The fourth-order valence-corrected chi connectivity index (χ4v) is 1.75. The number of aromatic amines is 1. The van der Waals surface area contributed by atoms with Crippen LogP contribution in [0.5, 0.6) is 0 Å². The molecule has 2 nitrogen and oxygen atoms in total. The van der Waals surface area contributed by atoms with Gasteiger partial charge in [0.25, 0.3) is 0 Å². The Bertz CT molecular complexity index is 543. The van der Waals surface area contributed by atoms with Crippen molar-refractivity contribution in [2.24, 2.45) is 0 Å². The Hall–Kier alpha value is -1.90. The van der Waals surface area contributed by atoms with E-state index in [0.717, 1.165) is 23.1 Å². The number of carbonyl (C=O) groups excluding carboxylic acids is 1. The second kappa shape index (κ2) is 3.93. The third-order valence-corrected chi connectivity index (χ3v) is 2.61. The zero-order valence-corrected chi connectivity index (χ0v) is 9.17. The molecule has 1 aromatic heterocycles. The fourth-order valence-electron chi connectivity index (χ4n) is 1.75. The van der Waals surface area contributed by atoms with Crippen molar-refractivity contribution in [3.05, 3.63) is 46.9 Å². The second-order valence-electron chi connectivity index (χ2n) is 3.86. The molecule has 0 amide bonds. The minimum atomic E-state index is -0.219. The number of aryl methyl sites for hydroxylation is 2. The van der Waals surface area contributed by atoms with E-state index < -0.39 is 0 Å². The zero-order valence-electron chi connectivity index (χ0n) is 9.17. The van der Waals surface area contributed by atoms with E-state index in [1.807, 2.05) is 6.92 Å². The predicted molar refractivity (Wildman–Crippen MR) is 61.0 cm³/mol. The first-order valence-corrected chi connectivity index (χ1v) is 5.03. The Morgan fingerprint density at radius 2 is 1.94 bits per heavy atom. The molecule has 0 aliphatic rings. The average molecular weight is 217 g/mol. The van der Waals surface area contributed by atoms with Crippen LogP contribution in [0.2, 0.25) is 0 Å². The lowest BCUT2D eigenvalue weighted by Gasteiger charge is -2.03. The second-order valence-corrected chi connectivity index (χ2v) is 3.86. The number of benzene rings is 1. The van der Waals surface area contributed by atoms with Crippen molar-refractivity contribution < 1.29 is 9.18 Å². The van der Waals surface area contributed by atoms with Crippen molar-refractivity contribution >= 4 is 6.29 Å². The molecule has 0 saturated heterocycles. The Balaban J connectivity index is 2.53. The van der Waals surface area contributed by atoms with E-state index in [4.69, 9.17) is 0 Å². The summed E-state index contributed by atoms with van der Waals surface area (Å²) in [5.41, 5.74) is 3.87. The lowest BCUT2D eigenvalue weighted by molar-refractivity contribution is 0.111. The molecule has 2 aromatic rings. The van der Waals surface area contributed by atoms with Crippen LogP contribution in [-0.4, -0.2) is 11.3 Å². The number of halogens is 1. The molecule has 0 aliphatic carbocycles. The monoisotopic (exact) mass is 217 g/mol. The number of hydrogen-bond acceptors (Lipinski definition) is 1. The lowest BCUT2D eigenvalue weighted by Crippen LogP contribution is -1.86. The summed E-state index contributed by atoms with van der Waals surface area (Å²) >= 11 is 0. The number of nitrogens with one attached hydrogen (secondary N) is 1. The highest BCUT2D eigenvalue weighted by atomic mass is 19.1. The highest BCUT2D eigenvalue weighted by Gasteiger charge is 2.07. The van der Waals surface area contributed by atoms with Crippen LogP contribution in [-0.2, 0) is 0 Å². The van der Waals surface area contributed by atoms with Crippen molar-refractivity contribution in [1.82, 2.24) is 4.98 Å². The van der Waals surface area contributed by atoms with Crippen LogP contribution in [0.15, 0.2) is 24.3 Å². The molecular formula is C13H12FNO. The van der Waals surface area contributed by atoms with Gasteiger partial charge in [0.2, 0.25) is 0 Å². The molecule has 0 spiro atoms. The summed E-state index contributed by atoms with van der Waals surface area (Å²) in [7, 11) is 0. The quantitative estimate of drug-likeness (QED) is 0.769. The van der Waals surface area contributed by atoms with Crippen LogP contribution in [0.4, 0.5) is 4.39 Å². The molecule has 1 aromatic carbocycles. The molecule has 16 heavy (non-hydrogen) atoms. The topological polar surface area (TPSA) is 32.9 Å². The first kappa shape index (κ1) is 10.6. The zero-order chi connectivity index (χ0) is 11.7. The summed E-state index contributed by atoms with van der Waals surface area (Å²) in [5, 5.41) is 0. The van der Waals surface area contributed by atoms with Gasteiger partial charge in [-0.05, 0) is 54.8 Å². The smallest absolute Gasteiger partial charge is 0.166 e. The van der Waals surface area contributed by atoms with E-state index in [-0.39, 0.29) is 5.82 Å². The van der Waals surface area contributed by atoms with Gasteiger partial charge in [-0.15, -0.1) is 0 Å². The molecular weight excluding hydrogens is 205 g/mol. The van der Waals surface area contributed by atoms with Crippen molar-refractivity contribution in [2.75, 3.05) is 0 Å². The summed E-state index contributed by atoms with van der Waals surface area (Å²) in [6, 6.07) is 6.69. The van der Waals surface area contributed by atoms with Crippen molar-refractivity contribution in [3.63, 3.8) is 0 Å². The van der Waals surface area contributed by atoms with Crippen LogP contribution >= 0.6 is 0 Å². The molecule has 2 rings (SSSR count). The number of hydrogen-bond donors (Lipinski definition) is 1. The standard InChI is InChI=1S/C13H12FNO/c1-8-5-10(3-4-12(8)14)13-9(2)6-11(7-16)15-13/h3-7,15H,1-2H3. The van der Waals surface area contributed by atoms with Gasteiger partial charge < -0.3 is 4.98 Å². The summed E-state index contributed by atoms with van der Waals surface area (Å²) in [5.74, 6) is -0.219. The maximum absolute atomic E-state index is 13.1. The average Bonchev–Trinajstić information content (AvgIpc) is 2.64. The number of carbonyl (C=O) groups is 1. The summed E-state index contributed by atoms with van der Waals surface area (Å²) < 4.78 is 13.1. The molecule has 1 heterocycles. The van der Waals surface area contributed by atoms with E-state index in [2.05, 4.69) is 4.98 Å². The van der Waals surface area contributed by atoms with Gasteiger partial charge in [0, 0.05) is 5.69 Å². The van der Waals surface area contributed by atoms with E-state index in [9.17, 15) is 9.18 Å². The SMILES string of the molecule is Cc1cc(-c2[nH]c(C=O)cc2C)ccc1F. The molecule has 1 N–H and O–H groups in total. The Labute approximate surface area is 93.1 Å². The van der Waals surface area contributed by atoms with Gasteiger partial charge in [-0.2, -0.15) is 0 Å². The van der Waals surface area contributed by atoms with Crippen LogP contribution in [0.3, 0.4) is 0 Å². The van der Waals surface area contributed by atoms with E-state index >= 15 is 0 Å². The number of aromatic nitrogens is 1. The third kappa shape index (κ3) is 1.76. The van der Waals surface area contributed by atoms with Gasteiger partial charge in [-0.3, -0.25) is 4.79 Å². The van der Waals surface area contributed by atoms with Crippen LogP contribution < -0.4 is 0 Å². The first-order valence-electron chi connectivity index (χ1n) is 5.03. The van der Waals surface area contributed by atoms with Crippen molar-refractivity contribution in [2.45, 2.75) is 13.8 Å². The molecule has 0 saturated carbocycles. The van der Waals surface area contributed by atoms with Gasteiger partial charge in [0.1, 0.15) is 5.82 Å². The van der Waals surface area contributed by atoms with Gasteiger partial charge >= 0.3 is 0 Å². The van der Waals surface area contributed by atoms with Gasteiger partial charge in [0.15, 0.2) is 6.29 Å².